The second-order valence-electron chi connectivity index (χ2n) is 2.21. The SMILES string of the molecule is CCCCC=CC(=O)C=C=O. The van der Waals surface area contributed by atoms with Gasteiger partial charge in [-0.3, -0.25) is 4.79 Å². The standard InChI is InChI=1S/C9H12O2/c1-2-3-4-5-6-9(11)7-8-10/h5-7H,2-4H2,1H3. The van der Waals surface area contributed by atoms with Crippen LogP contribution in [0.15, 0.2) is 18.2 Å². The topological polar surface area (TPSA) is 34.1 Å². The lowest BCUT2D eigenvalue weighted by atomic mass is 10.2. The van der Waals surface area contributed by atoms with Crippen molar-refractivity contribution in [2.45, 2.75) is 26.2 Å². The number of hydrogen-bond donors (Lipinski definition) is 0. The molecule has 0 radical (unpaired) electrons. The van der Waals surface area contributed by atoms with Gasteiger partial charge in [-0.1, -0.05) is 25.8 Å². The monoisotopic (exact) mass is 152 g/mol. The third kappa shape index (κ3) is 6.75. The molecule has 60 valence electrons. The normalized spacial score (nSPS) is 9.55. The molecule has 0 amide bonds. The van der Waals surface area contributed by atoms with E-state index in [-0.39, 0.29) is 5.78 Å². The highest BCUT2D eigenvalue weighted by Crippen LogP contribution is 1.94. The fraction of sp³-hybridized carbons (Fsp3) is 0.444. The van der Waals surface area contributed by atoms with E-state index in [1.807, 2.05) is 0 Å². The molecule has 2 nitrogen and oxygen atoms in total. The van der Waals surface area contributed by atoms with E-state index >= 15 is 0 Å². The maximum absolute atomic E-state index is 10.6. The third-order valence-electron chi connectivity index (χ3n) is 1.21. The van der Waals surface area contributed by atoms with Gasteiger partial charge in [0.05, 0.1) is 6.08 Å². The van der Waals surface area contributed by atoms with E-state index in [9.17, 15) is 9.59 Å². The van der Waals surface area contributed by atoms with Crippen LogP contribution in [0, 0.1) is 0 Å². The molecule has 0 aromatic rings. The van der Waals surface area contributed by atoms with E-state index in [0.717, 1.165) is 25.3 Å². The van der Waals surface area contributed by atoms with Crippen LogP contribution in [-0.4, -0.2) is 11.7 Å². The van der Waals surface area contributed by atoms with Crippen LogP contribution in [0.3, 0.4) is 0 Å². The first kappa shape index (κ1) is 9.86. The molecule has 0 heterocycles. The maximum atomic E-state index is 10.6. The summed E-state index contributed by atoms with van der Waals surface area (Å²) in [6, 6.07) is 0. The van der Waals surface area contributed by atoms with Crippen molar-refractivity contribution in [3.8, 4) is 0 Å². The van der Waals surface area contributed by atoms with Gasteiger partial charge >= 0.3 is 0 Å². The average Bonchev–Trinajstić information content (AvgIpc) is 1.99. The molecule has 0 aromatic heterocycles. The van der Waals surface area contributed by atoms with Crippen molar-refractivity contribution in [2.75, 3.05) is 0 Å². The second-order valence-corrected chi connectivity index (χ2v) is 2.21. The summed E-state index contributed by atoms with van der Waals surface area (Å²) in [6.45, 7) is 2.08. The highest BCUT2D eigenvalue weighted by Gasteiger charge is 1.86. The maximum Gasteiger partial charge on any atom is 0.189 e. The zero-order valence-electron chi connectivity index (χ0n) is 6.67. The molecule has 0 rings (SSSR count). The summed E-state index contributed by atoms with van der Waals surface area (Å²) in [6.07, 6.45) is 7.16. The first-order valence-corrected chi connectivity index (χ1v) is 3.72. The van der Waals surface area contributed by atoms with Gasteiger partial charge in [-0.25, -0.2) is 4.79 Å². The molecule has 0 N–H and O–H groups in total. The number of ketones is 1. The smallest absolute Gasteiger partial charge is 0.189 e. The Morgan fingerprint density at radius 3 is 2.82 bits per heavy atom. The highest BCUT2D eigenvalue weighted by molar-refractivity contribution is 6.03. The van der Waals surface area contributed by atoms with Crippen LogP contribution in [0.4, 0.5) is 0 Å². The molecule has 0 spiro atoms. The molecule has 0 atom stereocenters. The van der Waals surface area contributed by atoms with E-state index in [0.29, 0.717) is 0 Å². The van der Waals surface area contributed by atoms with E-state index in [1.165, 1.54) is 12.0 Å². The van der Waals surface area contributed by atoms with Crippen LogP contribution in [0.25, 0.3) is 0 Å². The van der Waals surface area contributed by atoms with Gasteiger partial charge in [0.2, 0.25) is 0 Å². The van der Waals surface area contributed by atoms with Crippen molar-refractivity contribution >= 4 is 11.7 Å². The van der Waals surface area contributed by atoms with Gasteiger partial charge in [0.15, 0.2) is 5.78 Å². The molecule has 0 aliphatic carbocycles. The summed E-state index contributed by atoms with van der Waals surface area (Å²) in [5.41, 5.74) is 0. The molecule has 2 heteroatoms. The van der Waals surface area contributed by atoms with Crippen LogP contribution in [0.5, 0.6) is 0 Å². The van der Waals surface area contributed by atoms with Crippen LogP contribution >= 0.6 is 0 Å². The van der Waals surface area contributed by atoms with Crippen LogP contribution in [0.1, 0.15) is 26.2 Å². The highest BCUT2D eigenvalue weighted by atomic mass is 16.1. The number of hydrogen-bond acceptors (Lipinski definition) is 2. The van der Waals surface area contributed by atoms with E-state index in [1.54, 1.807) is 6.08 Å². The molecule has 0 saturated carbocycles. The number of carbonyl (C=O) groups is 1. The Morgan fingerprint density at radius 2 is 2.27 bits per heavy atom. The van der Waals surface area contributed by atoms with Crippen molar-refractivity contribution in [3.05, 3.63) is 18.2 Å². The van der Waals surface area contributed by atoms with Crippen LogP contribution in [0.2, 0.25) is 0 Å². The number of allylic oxidation sites excluding steroid dienone is 3. The zero-order valence-corrected chi connectivity index (χ0v) is 6.67. The van der Waals surface area contributed by atoms with Gasteiger partial charge in [0.1, 0.15) is 5.94 Å². The Balaban J connectivity index is 3.56. The summed E-state index contributed by atoms with van der Waals surface area (Å²) < 4.78 is 0. The molecule has 0 aliphatic rings. The van der Waals surface area contributed by atoms with Gasteiger partial charge in [-0.15, -0.1) is 0 Å². The summed E-state index contributed by atoms with van der Waals surface area (Å²) in [4.78, 5) is 20.3. The van der Waals surface area contributed by atoms with Crippen molar-refractivity contribution in [1.82, 2.24) is 0 Å². The van der Waals surface area contributed by atoms with Gasteiger partial charge in [-0.05, 0) is 12.5 Å². The number of carbonyl (C=O) groups excluding carboxylic acids is 2. The average molecular weight is 152 g/mol. The third-order valence-corrected chi connectivity index (χ3v) is 1.21. The summed E-state index contributed by atoms with van der Waals surface area (Å²) in [5, 5.41) is 0. The predicted molar refractivity (Wildman–Crippen MR) is 43.9 cm³/mol. The largest absolute Gasteiger partial charge is 0.289 e. The second kappa shape index (κ2) is 6.97. The Hall–Kier alpha value is -1.14. The Bertz CT molecular complexity index is 186. The molecule has 0 unspecified atom stereocenters. The van der Waals surface area contributed by atoms with Crippen molar-refractivity contribution in [1.29, 1.82) is 0 Å². The van der Waals surface area contributed by atoms with E-state index < -0.39 is 0 Å². The fourth-order valence-electron chi connectivity index (χ4n) is 0.628. The molecule has 0 fully saturated rings. The zero-order chi connectivity index (χ0) is 8.53. The lowest BCUT2D eigenvalue weighted by molar-refractivity contribution is -0.110. The van der Waals surface area contributed by atoms with E-state index in [2.05, 4.69) is 6.92 Å². The van der Waals surface area contributed by atoms with Crippen molar-refractivity contribution < 1.29 is 9.59 Å². The molecule has 0 aromatic carbocycles. The molecule has 11 heavy (non-hydrogen) atoms. The molecular weight excluding hydrogens is 140 g/mol. The van der Waals surface area contributed by atoms with Crippen LogP contribution in [-0.2, 0) is 9.59 Å². The fourth-order valence-corrected chi connectivity index (χ4v) is 0.628. The van der Waals surface area contributed by atoms with Crippen molar-refractivity contribution in [2.24, 2.45) is 0 Å². The molecule has 0 saturated heterocycles. The Labute approximate surface area is 66.6 Å². The minimum atomic E-state index is -0.281. The number of unbranched alkanes of at least 4 members (excludes halogenated alkanes) is 2. The van der Waals surface area contributed by atoms with Crippen LogP contribution < -0.4 is 0 Å². The van der Waals surface area contributed by atoms with Gasteiger partial charge in [0.25, 0.3) is 0 Å². The molecule has 0 aliphatic heterocycles. The summed E-state index contributed by atoms with van der Waals surface area (Å²) in [5.74, 6) is 1.15. The van der Waals surface area contributed by atoms with Gasteiger partial charge in [-0.2, -0.15) is 0 Å². The lowest BCUT2D eigenvalue weighted by Gasteiger charge is -1.85. The lowest BCUT2D eigenvalue weighted by Crippen LogP contribution is -1.84. The Kier molecular flexibility index (Phi) is 6.25. The predicted octanol–water partition coefficient (Wildman–Crippen LogP) is 1.69. The quantitative estimate of drug-likeness (QED) is 0.341. The first-order chi connectivity index (χ1) is 5.31. The summed E-state index contributed by atoms with van der Waals surface area (Å²) >= 11 is 0. The molecule has 0 bridgehead atoms. The molecular formula is C9H12O2. The van der Waals surface area contributed by atoms with Gasteiger partial charge in [0, 0.05) is 0 Å². The Morgan fingerprint density at radius 1 is 1.55 bits per heavy atom. The summed E-state index contributed by atoms with van der Waals surface area (Å²) in [7, 11) is 0. The number of rotatable bonds is 5. The van der Waals surface area contributed by atoms with Crippen molar-refractivity contribution in [3.63, 3.8) is 0 Å². The van der Waals surface area contributed by atoms with E-state index in [4.69, 9.17) is 0 Å². The minimum absolute atomic E-state index is 0.281. The first-order valence-electron chi connectivity index (χ1n) is 3.72. The minimum Gasteiger partial charge on any atom is -0.289 e. The van der Waals surface area contributed by atoms with Gasteiger partial charge < -0.3 is 0 Å².